The molecule has 2 fully saturated rings. The number of benzene rings is 1. The molecule has 1 amide bonds. The quantitative estimate of drug-likeness (QED) is 0.516. The van der Waals surface area contributed by atoms with E-state index in [2.05, 4.69) is 39.6 Å². The first-order valence-electron chi connectivity index (χ1n) is 6.88. The van der Waals surface area contributed by atoms with Gasteiger partial charge in [0.25, 0.3) is 0 Å². The summed E-state index contributed by atoms with van der Waals surface area (Å²) < 4.78 is 0.154. The molecule has 0 radical (unpaired) electrons. The topological polar surface area (TPSA) is 20.3 Å². The van der Waals surface area contributed by atoms with Crippen LogP contribution in [0.25, 0.3) is 0 Å². The molecule has 102 valence electrons. The van der Waals surface area contributed by atoms with Crippen molar-refractivity contribution in [1.82, 2.24) is 4.90 Å². The third-order valence-electron chi connectivity index (χ3n) is 4.27. The van der Waals surface area contributed by atoms with E-state index in [1.54, 1.807) is 0 Å². The van der Waals surface area contributed by atoms with E-state index < -0.39 is 0 Å². The van der Waals surface area contributed by atoms with Crippen molar-refractivity contribution in [1.29, 1.82) is 0 Å². The monoisotopic (exact) mass is 389 g/mol. The summed E-state index contributed by atoms with van der Waals surface area (Å²) in [5.74, 6) is 0.330. The Morgan fingerprint density at radius 2 is 1.84 bits per heavy atom. The van der Waals surface area contributed by atoms with E-state index >= 15 is 0 Å². The minimum atomic E-state index is 0.154. The summed E-state index contributed by atoms with van der Waals surface area (Å²) in [7, 11) is 0. The van der Waals surface area contributed by atoms with Gasteiger partial charge in [0, 0.05) is 11.1 Å². The van der Waals surface area contributed by atoms with Crippen molar-refractivity contribution in [2.75, 3.05) is 0 Å². The number of nitrogens with zero attached hydrogens (tertiary/aromatic N) is 1. The lowest BCUT2D eigenvalue weighted by atomic mass is 9.86. The minimum absolute atomic E-state index is 0.154. The third-order valence-corrected chi connectivity index (χ3v) is 5.68. The number of rotatable bonds is 1. The Hall–Kier alpha value is -0.290. The van der Waals surface area contributed by atoms with Gasteiger partial charge in [-0.2, -0.15) is 0 Å². The van der Waals surface area contributed by atoms with E-state index in [4.69, 9.17) is 11.6 Å². The Morgan fingerprint density at radius 3 is 2.58 bits per heavy atom. The van der Waals surface area contributed by atoms with Crippen LogP contribution in [0.4, 0.5) is 0 Å². The Labute approximate surface area is 132 Å². The summed E-state index contributed by atoms with van der Waals surface area (Å²) in [5.41, 5.74) is 1.23. The van der Waals surface area contributed by atoms with E-state index in [-0.39, 0.29) is 9.97 Å². The van der Waals surface area contributed by atoms with Gasteiger partial charge in [-0.25, -0.2) is 0 Å². The van der Waals surface area contributed by atoms with Gasteiger partial charge in [0.1, 0.15) is 0 Å². The van der Waals surface area contributed by atoms with Crippen LogP contribution in [0.2, 0.25) is 5.02 Å². The molecular weight excluding hydrogens is 373 g/mol. The number of amides is 1. The van der Waals surface area contributed by atoms with Crippen LogP contribution in [-0.2, 0) is 4.79 Å². The summed E-state index contributed by atoms with van der Waals surface area (Å²) in [5, 5.41) is 0.757. The van der Waals surface area contributed by atoms with E-state index in [9.17, 15) is 4.79 Å². The van der Waals surface area contributed by atoms with Crippen LogP contribution in [0, 0.1) is 0 Å². The van der Waals surface area contributed by atoms with Crippen LogP contribution in [0.1, 0.15) is 43.7 Å². The molecule has 1 unspecified atom stereocenters. The van der Waals surface area contributed by atoms with Crippen LogP contribution >= 0.6 is 34.2 Å². The first kappa shape index (κ1) is 13.7. The summed E-state index contributed by atoms with van der Waals surface area (Å²) >= 11 is 8.25. The molecule has 0 N–H and O–H groups in total. The molecule has 0 aromatic heterocycles. The van der Waals surface area contributed by atoms with Crippen LogP contribution < -0.4 is 0 Å². The molecule has 2 aliphatic heterocycles. The van der Waals surface area contributed by atoms with Gasteiger partial charge >= 0.3 is 0 Å². The predicted octanol–water partition coefficient (Wildman–Crippen LogP) is 4.36. The van der Waals surface area contributed by atoms with Crippen molar-refractivity contribution in [3.05, 3.63) is 34.9 Å². The van der Waals surface area contributed by atoms with Crippen molar-refractivity contribution in [2.45, 2.75) is 48.1 Å². The molecule has 1 aromatic carbocycles. The summed E-state index contributed by atoms with van der Waals surface area (Å²) in [6, 6.07) is 8.69. The average molecular weight is 390 g/mol. The highest BCUT2D eigenvalue weighted by Crippen LogP contribution is 2.40. The number of carbonyl (C=O) groups is 1. The maximum atomic E-state index is 12.5. The molecule has 2 nitrogen and oxygen atoms in total. The molecule has 0 bridgehead atoms. The highest BCUT2D eigenvalue weighted by molar-refractivity contribution is 14.1. The van der Waals surface area contributed by atoms with Crippen molar-refractivity contribution >= 4 is 40.1 Å². The largest absolute Gasteiger partial charge is 0.332 e. The Morgan fingerprint density at radius 1 is 1.11 bits per heavy atom. The number of hydrogen-bond acceptors (Lipinski definition) is 1. The second kappa shape index (κ2) is 5.60. The average Bonchev–Trinajstić information content (AvgIpc) is 2.43. The van der Waals surface area contributed by atoms with Crippen LogP contribution in [0.5, 0.6) is 0 Å². The Balaban J connectivity index is 1.91. The number of carbonyl (C=O) groups excluding carboxylic acids is 1. The second-order valence-corrected chi connectivity index (χ2v) is 7.38. The van der Waals surface area contributed by atoms with Gasteiger partial charge in [0.15, 0.2) is 0 Å². The smallest absolute Gasteiger partial charge is 0.236 e. The molecule has 0 aliphatic carbocycles. The Bertz CT molecular complexity index is 476. The zero-order chi connectivity index (χ0) is 13.4. The zero-order valence-electron chi connectivity index (χ0n) is 10.7. The lowest BCUT2D eigenvalue weighted by Crippen LogP contribution is -2.52. The maximum Gasteiger partial charge on any atom is 0.236 e. The van der Waals surface area contributed by atoms with Gasteiger partial charge in [-0.1, -0.05) is 46.3 Å². The standard InChI is InChI=1S/C15H17ClINO/c16-11-6-4-10(5-7-11)14-3-1-2-12-8-9-13(17)15(19)18(12)14/h4-7,12-14H,1-3,8-9H2/t12-,13?,14+/m1/s1. The molecule has 2 heterocycles. The molecule has 2 aliphatic rings. The molecule has 3 rings (SSSR count). The number of alkyl halides is 1. The summed E-state index contributed by atoms with van der Waals surface area (Å²) in [6.07, 6.45) is 5.65. The van der Waals surface area contributed by atoms with Gasteiger partial charge in [-0.3, -0.25) is 4.79 Å². The molecule has 3 atom stereocenters. The van der Waals surface area contributed by atoms with Crippen LogP contribution in [0.15, 0.2) is 24.3 Å². The highest BCUT2D eigenvalue weighted by atomic mass is 127. The van der Waals surface area contributed by atoms with Gasteiger partial charge in [0.05, 0.1) is 9.97 Å². The number of fused-ring (bicyclic) bond motifs is 1. The lowest BCUT2D eigenvalue weighted by Gasteiger charge is -2.46. The van der Waals surface area contributed by atoms with Crippen molar-refractivity contribution in [3.63, 3.8) is 0 Å². The zero-order valence-corrected chi connectivity index (χ0v) is 13.6. The van der Waals surface area contributed by atoms with Crippen molar-refractivity contribution < 1.29 is 4.79 Å². The Kier molecular flexibility index (Phi) is 4.03. The van der Waals surface area contributed by atoms with E-state index in [0.29, 0.717) is 11.9 Å². The fourth-order valence-electron chi connectivity index (χ4n) is 3.33. The molecule has 0 saturated carbocycles. The summed E-state index contributed by atoms with van der Waals surface area (Å²) in [4.78, 5) is 14.7. The predicted molar refractivity (Wildman–Crippen MR) is 85.7 cm³/mol. The molecule has 2 saturated heterocycles. The molecule has 19 heavy (non-hydrogen) atoms. The maximum absolute atomic E-state index is 12.5. The SMILES string of the molecule is O=C1C(I)CC[C@H]2CCC[C@@H](c3ccc(Cl)cc3)N12. The number of piperidine rings is 2. The van der Waals surface area contributed by atoms with Gasteiger partial charge in [-0.15, -0.1) is 0 Å². The summed E-state index contributed by atoms with van der Waals surface area (Å²) in [6.45, 7) is 0. The molecule has 4 heteroatoms. The van der Waals surface area contributed by atoms with Crippen LogP contribution in [0.3, 0.4) is 0 Å². The van der Waals surface area contributed by atoms with E-state index in [1.165, 1.54) is 18.4 Å². The number of halogens is 2. The molecule has 0 spiro atoms. The fourth-order valence-corrected chi connectivity index (χ4v) is 4.14. The number of hydrogen-bond donors (Lipinski definition) is 0. The van der Waals surface area contributed by atoms with Gasteiger partial charge in [-0.05, 0) is 49.8 Å². The first-order chi connectivity index (χ1) is 9.16. The van der Waals surface area contributed by atoms with E-state index in [1.807, 2.05) is 12.1 Å². The lowest BCUT2D eigenvalue weighted by molar-refractivity contribution is -0.140. The normalized spacial score (nSPS) is 31.2. The van der Waals surface area contributed by atoms with Gasteiger partial charge in [0.2, 0.25) is 5.91 Å². The van der Waals surface area contributed by atoms with Crippen molar-refractivity contribution in [3.8, 4) is 0 Å². The van der Waals surface area contributed by atoms with Crippen LogP contribution in [-0.4, -0.2) is 20.8 Å². The van der Waals surface area contributed by atoms with Gasteiger partial charge < -0.3 is 4.90 Å². The molecule has 1 aromatic rings. The first-order valence-corrected chi connectivity index (χ1v) is 8.51. The fraction of sp³-hybridized carbons (Fsp3) is 0.533. The minimum Gasteiger partial charge on any atom is -0.332 e. The van der Waals surface area contributed by atoms with Crippen molar-refractivity contribution in [2.24, 2.45) is 0 Å². The third kappa shape index (κ3) is 2.64. The molecular formula is C15H17ClINO. The highest BCUT2D eigenvalue weighted by Gasteiger charge is 2.40. The second-order valence-electron chi connectivity index (χ2n) is 5.44. The van der Waals surface area contributed by atoms with E-state index in [0.717, 1.165) is 24.3 Å².